The first-order valence-corrected chi connectivity index (χ1v) is 9.54. The zero-order valence-electron chi connectivity index (χ0n) is 16.6. The molecular weight excluding hydrogens is 394 g/mol. The molecular formula is C19H29N5O6. The molecule has 11 heteroatoms. The topological polar surface area (TPSA) is 197 Å². The highest BCUT2D eigenvalue weighted by atomic mass is 16.4. The number of phenols is 1. The minimum Gasteiger partial charge on any atom is -0.508 e. The van der Waals surface area contributed by atoms with Crippen LogP contribution in [0, 0.1) is 0 Å². The van der Waals surface area contributed by atoms with Crippen LogP contribution in [-0.2, 0) is 25.6 Å². The Morgan fingerprint density at radius 3 is 2.17 bits per heavy atom. The van der Waals surface area contributed by atoms with E-state index in [4.69, 9.17) is 11.5 Å². The molecule has 0 fully saturated rings. The number of nitrogens with one attached hydrogen (secondary N) is 3. The van der Waals surface area contributed by atoms with Crippen molar-refractivity contribution in [3.8, 4) is 5.75 Å². The molecule has 0 aliphatic rings. The second-order valence-corrected chi connectivity index (χ2v) is 6.66. The van der Waals surface area contributed by atoms with Crippen LogP contribution >= 0.6 is 0 Å². The maximum Gasteiger partial charge on any atom is 0.326 e. The number of aliphatic carboxylic acids is 1. The lowest BCUT2D eigenvalue weighted by Crippen LogP contribution is -2.54. The fourth-order valence-corrected chi connectivity index (χ4v) is 2.60. The first kappa shape index (κ1) is 24.9. The molecule has 11 nitrogen and oxygen atoms in total. The first-order chi connectivity index (χ1) is 14.3. The Morgan fingerprint density at radius 1 is 0.933 bits per heavy atom. The van der Waals surface area contributed by atoms with Crippen molar-refractivity contribution in [3.63, 3.8) is 0 Å². The predicted molar refractivity (Wildman–Crippen MR) is 108 cm³/mol. The summed E-state index contributed by atoms with van der Waals surface area (Å²) in [5, 5.41) is 26.0. The molecule has 0 radical (unpaired) electrons. The van der Waals surface area contributed by atoms with Crippen molar-refractivity contribution in [3.05, 3.63) is 29.8 Å². The maximum atomic E-state index is 12.7. The molecule has 0 heterocycles. The van der Waals surface area contributed by atoms with Crippen molar-refractivity contribution >= 4 is 23.7 Å². The SMILES string of the molecule is NCCCCC(NC(=O)C(Cc1ccc(O)cc1)NC(=O)CNC(=O)CN)C(=O)O. The molecule has 0 aliphatic heterocycles. The Labute approximate surface area is 174 Å². The van der Waals surface area contributed by atoms with Crippen LogP contribution < -0.4 is 27.4 Å². The quantitative estimate of drug-likeness (QED) is 0.180. The number of benzene rings is 1. The van der Waals surface area contributed by atoms with E-state index < -0.39 is 35.8 Å². The van der Waals surface area contributed by atoms with Gasteiger partial charge in [-0.3, -0.25) is 14.4 Å². The second-order valence-electron chi connectivity index (χ2n) is 6.66. The number of phenolic OH excluding ortho intramolecular Hbond substituents is 1. The fourth-order valence-electron chi connectivity index (χ4n) is 2.60. The molecule has 0 aliphatic carbocycles. The summed E-state index contributed by atoms with van der Waals surface area (Å²) in [5.41, 5.74) is 11.2. The molecule has 1 aromatic rings. The van der Waals surface area contributed by atoms with Crippen LogP contribution in [-0.4, -0.2) is 65.6 Å². The lowest BCUT2D eigenvalue weighted by molar-refractivity contribution is -0.142. The van der Waals surface area contributed by atoms with E-state index in [1.807, 2.05) is 0 Å². The van der Waals surface area contributed by atoms with Gasteiger partial charge in [0.1, 0.15) is 17.8 Å². The van der Waals surface area contributed by atoms with Gasteiger partial charge in [-0.15, -0.1) is 0 Å². The van der Waals surface area contributed by atoms with Crippen molar-refractivity contribution in [1.29, 1.82) is 0 Å². The zero-order chi connectivity index (χ0) is 22.5. The van der Waals surface area contributed by atoms with Crippen LogP contribution in [0.15, 0.2) is 24.3 Å². The van der Waals surface area contributed by atoms with E-state index in [1.54, 1.807) is 12.1 Å². The lowest BCUT2D eigenvalue weighted by atomic mass is 10.0. The smallest absolute Gasteiger partial charge is 0.326 e. The Hall–Kier alpha value is -3.18. The van der Waals surface area contributed by atoms with Gasteiger partial charge < -0.3 is 37.6 Å². The van der Waals surface area contributed by atoms with E-state index in [1.165, 1.54) is 12.1 Å². The van der Waals surface area contributed by atoms with Gasteiger partial charge in [0.15, 0.2) is 0 Å². The Kier molecular flexibility index (Phi) is 10.9. The number of unbranched alkanes of at least 4 members (excludes halogenated alkanes) is 1. The van der Waals surface area contributed by atoms with Gasteiger partial charge in [0.25, 0.3) is 0 Å². The van der Waals surface area contributed by atoms with Crippen molar-refractivity contribution in [1.82, 2.24) is 16.0 Å². The van der Waals surface area contributed by atoms with Crippen LogP contribution in [0.5, 0.6) is 5.75 Å². The molecule has 9 N–H and O–H groups in total. The summed E-state index contributed by atoms with van der Waals surface area (Å²) in [6, 6.07) is 3.80. The number of nitrogens with two attached hydrogens (primary N) is 2. The van der Waals surface area contributed by atoms with Gasteiger partial charge in [0.2, 0.25) is 17.7 Å². The van der Waals surface area contributed by atoms with Crippen LogP contribution in [0.2, 0.25) is 0 Å². The third-order valence-corrected chi connectivity index (χ3v) is 4.22. The summed E-state index contributed by atoms with van der Waals surface area (Å²) in [4.78, 5) is 47.5. The summed E-state index contributed by atoms with van der Waals surface area (Å²) < 4.78 is 0. The maximum absolute atomic E-state index is 12.7. The Bertz CT molecular complexity index is 725. The first-order valence-electron chi connectivity index (χ1n) is 9.54. The number of carboxylic acid groups (broad SMARTS) is 1. The van der Waals surface area contributed by atoms with Crippen LogP contribution in [0.1, 0.15) is 24.8 Å². The average molecular weight is 423 g/mol. The fraction of sp³-hybridized carbons (Fsp3) is 0.474. The highest BCUT2D eigenvalue weighted by Gasteiger charge is 2.26. The van der Waals surface area contributed by atoms with Crippen LogP contribution in [0.4, 0.5) is 0 Å². The van der Waals surface area contributed by atoms with Gasteiger partial charge in [0, 0.05) is 6.42 Å². The standard InChI is InChI=1S/C19H29N5O6/c20-8-2-1-3-14(19(29)30)24-18(28)15(9-12-4-6-13(25)7-5-12)23-17(27)11-22-16(26)10-21/h4-7,14-15,25H,1-3,8-11,20-21H2,(H,22,26)(H,23,27)(H,24,28)(H,29,30). The van der Waals surface area contributed by atoms with Gasteiger partial charge >= 0.3 is 5.97 Å². The minimum atomic E-state index is -1.19. The zero-order valence-corrected chi connectivity index (χ0v) is 16.6. The number of carboxylic acids is 1. The molecule has 3 amide bonds. The van der Waals surface area contributed by atoms with E-state index in [0.29, 0.717) is 24.9 Å². The summed E-state index contributed by atoms with van der Waals surface area (Å²) in [7, 11) is 0. The average Bonchev–Trinajstić information content (AvgIpc) is 2.72. The number of carbonyl (C=O) groups is 4. The van der Waals surface area contributed by atoms with Crippen LogP contribution in [0.25, 0.3) is 0 Å². The normalized spacial score (nSPS) is 12.5. The highest BCUT2D eigenvalue weighted by Crippen LogP contribution is 2.12. The summed E-state index contributed by atoms with van der Waals surface area (Å²) in [6.07, 6.45) is 1.39. The molecule has 1 rings (SSSR count). The van der Waals surface area contributed by atoms with E-state index in [-0.39, 0.29) is 31.7 Å². The second kappa shape index (κ2) is 13.1. The molecule has 2 atom stereocenters. The lowest BCUT2D eigenvalue weighted by Gasteiger charge is -2.22. The number of carbonyl (C=O) groups excluding carboxylic acids is 3. The van der Waals surface area contributed by atoms with Gasteiger partial charge in [-0.25, -0.2) is 4.79 Å². The molecule has 2 unspecified atom stereocenters. The van der Waals surface area contributed by atoms with Gasteiger partial charge in [0.05, 0.1) is 13.1 Å². The van der Waals surface area contributed by atoms with Crippen molar-refractivity contribution in [2.24, 2.45) is 11.5 Å². The van der Waals surface area contributed by atoms with Crippen LogP contribution in [0.3, 0.4) is 0 Å². The molecule has 0 aromatic heterocycles. The van der Waals surface area contributed by atoms with Gasteiger partial charge in [-0.2, -0.15) is 0 Å². The summed E-state index contributed by atoms with van der Waals surface area (Å²) >= 11 is 0. The van der Waals surface area contributed by atoms with Gasteiger partial charge in [-0.1, -0.05) is 12.1 Å². The number of rotatable bonds is 13. The highest BCUT2D eigenvalue weighted by molar-refractivity contribution is 5.92. The Morgan fingerprint density at radius 2 is 1.60 bits per heavy atom. The summed E-state index contributed by atoms with van der Waals surface area (Å²) in [5.74, 6) is -2.99. The monoisotopic (exact) mass is 423 g/mol. The molecule has 0 bridgehead atoms. The van der Waals surface area contributed by atoms with E-state index in [0.717, 1.165) is 0 Å². The number of amides is 3. The third kappa shape index (κ3) is 9.34. The molecule has 0 saturated carbocycles. The largest absolute Gasteiger partial charge is 0.508 e. The Balaban J connectivity index is 2.86. The molecule has 0 saturated heterocycles. The van der Waals surface area contributed by atoms with Crippen molar-refractivity contribution in [2.45, 2.75) is 37.8 Å². The third-order valence-electron chi connectivity index (χ3n) is 4.22. The molecule has 1 aromatic carbocycles. The number of hydrogen-bond acceptors (Lipinski definition) is 7. The van der Waals surface area contributed by atoms with Crippen molar-refractivity contribution in [2.75, 3.05) is 19.6 Å². The molecule has 166 valence electrons. The number of aromatic hydroxyl groups is 1. The summed E-state index contributed by atoms with van der Waals surface area (Å²) in [6.45, 7) is -0.254. The van der Waals surface area contributed by atoms with Crippen molar-refractivity contribution < 1.29 is 29.4 Å². The molecule has 30 heavy (non-hydrogen) atoms. The van der Waals surface area contributed by atoms with E-state index >= 15 is 0 Å². The van der Waals surface area contributed by atoms with E-state index in [9.17, 15) is 29.4 Å². The van der Waals surface area contributed by atoms with E-state index in [2.05, 4.69) is 16.0 Å². The predicted octanol–water partition coefficient (Wildman–Crippen LogP) is -1.81. The number of hydrogen-bond donors (Lipinski definition) is 7. The van der Waals surface area contributed by atoms with Gasteiger partial charge in [-0.05, 0) is 43.5 Å². The molecule has 0 spiro atoms. The minimum absolute atomic E-state index is 0.0409.